The van der Waals surface area contributed by atoms with Crippen molar-refractivity contribution in [1.29, 1.82) is 0 Å². The fourth-order valence-electron chi connectivity index (χ4n) is 2.53. The lowest BCUT2D eigenvalue weighted by atomic mass is 10.2. The van der Waals surface area contributed by atoms with Crippen molar-refractivity contribution >= 4 is 37.4 Å². The third-order valence-electron chi connectivity index (χ3n) is 3.78. The van der Waals surface area contributed by atoms with Crippen molar-refractivity contribution in [3.05, 3.63) is 29.0 Å². The molecule has 0 saturated carbocycles. The number of amides is 1. The number of hydrogen-bond donors (Lipinski definition) is 1. The second kappa shape index (κ2) is 7.56. The second-order valence-electron chi connectivity index (χ2n) is 5.67. The number of benzene rings is 1. The van der Waals surface area contributed by atoms with Crippen LogP contribution in [0.5, 0.6) is 0 Å². The van der Waals surface area contributed by atoms with Crippen molar-refractivity contribution in [2.45, 2.75) is 24.3 Å². The fourth-order valence-corrected chi connectivity index (χ4v) is 6.12. The number of sulfone groups is 1. The molecular formula is C14H18ClFN2O5S2. The van der Waals surface area contributed by atoms with Crippen LogP contribution in [0.3, 0.4) is 0 Å². The topological polar surface area (TPSA) is 101 Å². The van der Waals surface area contributed by atoms with Crippen LogP contribution < -0.4 is 5.32 Å². The molecule has 7 nitrogen and oxygen atoms in total. The van der Waals surface area contributed by atoms with E-state index < -0.39 is 44.2 Å². The second-order valence-corrected chi connectivity index (χ2v) is 10.2. The Morgan fingerprint density at radius 2 is 2.12 bits per heavy atom. The Morgan fingerprint density at radius 3 is 2.64 bits per heavy atom. The summed E-state index contributed by atoms with van der Waals surface area (Å²) in [7, 11) is -7.25. The van der Waals surface area contributed by atoms with Crippen molar-refractivity contribution in [1.82, 2.24) is 9.62 Å². The minimum Gasteiger partial charge on any atom is -0.351 e. The zero-order valence-corrected chi connectivity index (χ0v) is 15.8. The van der Waals surface area contributed by atoms with Crippen molar-refractivity contribution in [3.63, 3.8) is 0 Å². The lowest BCUT2D eigenvalue weighted by Crippen LogP contribution is -2.44. The molecule has 140 valence electrons. The summed E-state index contributed by atoms with van der Waals surface area (Å²) in [4.78, 5) is 11.8. The maximum atomic E-state index is 13.1. The minimum absolute atomic E-state index is 0.00107. The third-order valence-corrected chi connectivity index (χ3v) is 7.95. The van der Waals surface area contributed by atoms with E-state index in [0.29, 0.717) is 6.42 Å². The minimum atomic E-state index is -4.09. The molecule has 0 aromatic heterocycles. The standard InChI is InChI=1S/C14H18ClFN2O5S2/c1-2-18(8-14(19)17-11-5-6-24(20,21)9-11)25(22,23)13-4-3-10(16)7-12(13)15/h3-4,7,11H,2,5-6,8-9H2,1H3,(H,17,19). The zero-order chi connectivity index (χ0) is 18.8. The first-order chi connectivity index (χ1) is 11.5. The van der Waals surface area contributed by atoms with Gasteiger partial charge in [-0.15, -0.1) is 0 Å². The highest BCUT2D eigenvalue weighted by molar-refractivity contribution is 7.91. The van der Waals surface area contributed by atoms with Gasteiger partial charge in [-0.25, -0.2) is 21.2 Å². The van der Waals surface area contributed by atoms with Gasteiger partial charge in [0.15, 0.2) is 9.84 Å². The van der Waals surface area contributed by atoms with Crippen molar-refractivity contribution < 1.29 is 26.0 Å². The molecule has 11 heteroatoms. The van der Waals surface area contributed by atoms with E-state index in [1.807, 2.05) is 0 Å². The third kappa shape index (κ3) is 4.90. The first kappa shape index (κ1) is 20.1. The molecule has 0 bridgehead atoms. The van der Waals surface area contributed by atoms with Crippen molar-refractivity contribution in [2.75, 3.05) is 24.6 Å². The fraction of sp³-hybridized carbons (Fsp3) is 0.500. The van der Waals surface area contributed by atoms with Crippen LogP contribution in [0, 0.1) is 5.82 Å². The molecule has 1 aliphatic rings. The lowest BCUT2D eigenvalue weighted by Gasteiger charge is -2.21. The summed E-state index contributed by atoms with van der Waals surface area (Å²) in [5.41, 5.74) is 0. The highest BCUT2D eigenvalue weighted by Gasteiger charge is 2.31. The number of sulfonamides is 1. The van der Waals surface area contributed by atoms with Gasteiger partial charge in [0.25, 0.3) is 0 Å². The summed E-state index contributed by atoms with van der Waals surface area (Å²) in [5, 5.41) is 2.25. The highest BCUT2D eigenvalue weighted by Crippen LogP contribution is 2.25. The van der Waals surface area contributed by atoms with E-state index in [1.165, 1.54) is 0 Å². The molecule has 1 atom stereocenters. The average molecular weight is 413 g/mol. The Morgan fingerprint density at radius 1 is 1.44 bits per heavy atom. The van der Waals surface area contributed by atoms with Gasteiger partial charge in [-0.3, -0.25) is 4.79 Å². The monoisotopic (exact) mass is 412 g/mol. The molecule has 1 unspecified atom stereocenters. The molecule has 1 N–H and O–H groups in total. The molecule has 0 radical (unpaired) electrons. The van der Waals surface area contributed by atoms with Gasteiger partial charge in [-0.1, -0.05) is 18.5 Å². The highest BCUT2D eigenvalue weighted by atomic mass is 35.5. The quantitative estimate of drug-likeness (QED) is 0.744. The number of likely N-dealkylation sites (N-methyl/N-ethyl adjacent to an activating group) is 1. The first-order valence-corrected chi connectivity index (χ1v) is 11.1. The van der Waals surface area contributed by atoms with Crippen LogP contribution in [0.25, 0.3) is 0 Å². The summed E-state index contributed by atoms with van der Waals surface area (Å²) in [6.45, 7) is 1.05. The molecule has 0 spiro atoms. The van der Waals surface area contributed by atoms with E-state index in [9.17, 15) is 26.0 Å². The van der Waals surface area contributed by atoms with Crippen molar-refractivity contribution in [3.8, 4) is 0 Å². The SMILES string of the molecule is CCN(CC(=O)NC1CCS(=O)(=O)C1)S(=O)(=O)c1ccc(F)cc1Cl. The molecule has 0 aliphatic carbocycles. The van der Waals surface area contributed by atoms with E-state index >= 15 is 0 Å². The van der Waals surface area contributed by atoms with Crippen molar-refractivity contribution in [2.24, 2.45) is 0 Å². The van der Waals surface area contributed by atoms with E-state index in [4.69, 9.17) is 11.6 Å². The van der Waals surface area contributed by atoms with Gasteiger partial charge >= 0.3 is 0 Å². The van der Waals surface area contributed by atoms with E-state index in [-0.39, 0.29) is 28.0 Å². The van der Waals surface area contributed by atoms with Gasteiger partial charge in [0, 0.05) is 12.6 Å². The van der Waals surface area contributed by atoms with Crippen LogP contribution >= 0.6 is 11.6 Å². The van der Waals surface area contributed by atoms with Crippen LogP contribution in [-0.2, 0) is 24.7 Å². The van der Waals surface area contributed by atoms with Gasteiger partial charge in [-0.2, -0.15) is 4.31 Å². The van der Waals surface area contributed by atoms with Gasteiger partial charge in [0.2, 0.25) is 15.9 Å². The summed E-state index contributed by atoms with van der Waals surface area (Å²) >= 11 is 5.81. The van der Waals surface area contributed by atoms with Gasteiger partial charge in [0.1, 0.15) is 10.7 Å². The maximum absolute atomic E-state index is 13.1. The predicted molar refractivity (Wildman–Crippen MR) is 91.0 cm³/mol. The summed E-state index contributed by atoms with van der Waals surface area (Å²) in [6.07, 6.45) is 0.302. The number of hydrogen-bond acceptors (Lipinski definition) is 5. The first-order valence-electron chi connectivity index (χ1n) is 7.50. The maximum Gasteiger partial charge on any atom is 0.245 e. The normalized spacial score (nSPS) is 19.9. The van der Waals surface area contributed by atoms with E-state index in [0.717, 1.165) is 22.5 Å². The number of nitrogens with one attached hydrogen (secondary N) is 1. The van der Waals surface area contributed by atoms with E-state index in [2.05, 4.69) is 5.32 Å². The van der Waals surface area contributed by atoms with Crippen LogP contribution in [0.4, 0.5) is 4.39 Å². The number of carbonyl (C=O) groups excluding carboxylic acids is 1. The molecule has 1 heterocycles. The number of carbonyl (C=O) groups is 1. The number of nitrogens with zero attached hydrogens (tertiary/aromatic N) is 1. The van der Waals surface area contributed by atoms with Gasteiger partial charge in [0.05, 0.1) is 23.1 Å². The lowest BCUT2D eigenvalue weighted by molar-refractivity contribution is -0.121. The molecule has 1 saturated heterocycles. The van der Waals surface area contributed by atoms with Crippen LogP contribution in [-0.4, -0.2) is 57.7 Å². The average Bonchev–Trinajstić information content (AvgIpc) is 2.82. The molecule has 2 rings (SSSR count). The zero-order valence-electron chi connectivity index (χ0n) is 13.4. The molecule has 1 fully saturated rings. The number of halogens is 2. The molecule has 1 amide bonds. The Labute approximate surface area is 151 Å². The number of rotatable bonds is 6. The predicted octanol–water partition coefficient (Wildman–Crippen LogP) is 0.793. The Bertz CT molecular complexity index is 873. The molecule has 1 aromatic carbocycles. The molecule has 1 aromatic rings. The van der Waals surface area contributed by atoms with Gasteiger partial charge < -0.3 is 5.32 Å². The largest absolute Gasteiger partial charge is 0.351 e. The van der Waals surface area contributed by atoms with Crippen LogP contribution in [0.15, 0.2) is 23.1 Å². The summed E-state index contributed by atoms with van der Waals surface area (Å²) in [6, 6.07) is 2.37. The Balaban J connectivity index is 2.11. The van der Waals surface area contributed by atoms with Crippen LogP contribution in [0.1, 0.15) is 13.3 Å². The van der Waals surface area contributed by atoms with Crippen LogP contribution in [0.2, 0.25) is 5.02 Å². The summed E-state index contributed by atoms with van der Waals surface area (Å²) < 4.78 is 62.0. The molecule has 1 aliphatic heterocycles. The Hall–Kier alpha value is -1.23. The van der Waals surface area contributed by atoms with E-state index in [1.54, 1.807) is 6.92 Å². The smallest absolute Gasteiger partial charge is 0.245 e. The summed E-state index contributed by atoms with van der Waals surface area (Å²) in [5.74, 6) is -1.43. The van der Waals surface area contributed by atoms with Gasteiger partial charge in [-0.05, 0) is 24.6 Å². The molecular weight excluding hydrogens is 395 g/mol. The molecule has 25 heavy (non-hydrogen) atoms. The Kier molecular flexibility index (Phi) is 6.08.